The molecular formula is C20H17N3O3. The monoisotopic (exact) mass is 347 g/mol. The molecule has 26 heavy (non-hydrogen) atoms. The highest BCUT2D eigenvalue weighted by Crippen LogP contribution is 2.40. The second-order valence-electron chi connectivity index (χ2n) is 6.81. The van der Waals surface area contributed by atoms with Gasteiger partial charge in [-0.05, 0) is 42.5 Å². The van der Waals surface area contributed by atoms with Crippen LogP contribution in [-0.4, -0.2) is 21.8 Å². The zero-order chi connectivity index (χ0) is 17.7. The van der Waals surface area contributed by atoms with Gasteiger partial charge in [-0.1, -0.05) is 36.4 Å². The Morgan fingerprint density at radius 3 is 2.81 bits per heavy atom. The molecule has 3 amide bonds. The summed E-state index contributed by atoms with van der Waals surface area (Å²) in [6, 6.07) is 14.8. The van der Waals surface area contributed by atoms with E-state index in [9.17, 15) is 9.59 Å². The Balaban J connectivity index is 1.51. The lowest BCUT2D eigenvalue weighted by molar-refractivity contribution is -0.132. The fourth-order valence-electron chi connectivity index (χ4n) is 4.08. The number of carbonyl (C=O) groups excluding carboxylic acids is 2. The number of oxazole rings is 1. The molecule has 0 bridgehead atoms. The number of nitrogens with one attached hydrogen (secondary N) is 1. The summed E-state index contributed by atoms with van der Waals surface area (Å²) in [5, 5.41) is 2.95. The molecule has 5 rings (SSSR count). The van der Waals surface area contributed by atoms with E-state index in [-0.39, 0.29) is 12.5 Å². The fourth-order valence-corrected chi connectivity index (χ4v) is 4.08. The molecule has 0 radical (unpaired) electrons. The molecule has 6 heteroatoms. The van der Waals surface area contributed by atoms with E-state index < -0.39 is 11.6 Å². The molecule has 130 valence electrons. The third kappa shape index (κ3) is 2.08. The number of amides is 3. The summed E-state index contributed by atoms with van der Waals surface area (Å²) in [5.41, 5.74) is 2.43. The number of para-hydroxylation sites is 2. The van der Waals surface area contributed by atoms with Crippen LogP contribution in [0, 0.1) is 0 Å². The van der Waals surface area contributed by atoms with Gasteiger partial charge in [0, 0.05) is 0 Å². The van der Waals surface area contributed by atoms with Gasteiger partial charge in [-0.3, -0.25) is 9.69 Å². The molecule has 1 aliphatic heterocycles. The Kier molecular flexibility index (Phi) is 3.16. The number of nitrogens with zero attached hydrogens (tertiary/aromatic N) is 2. The molecule has 0 unspecified atom stereocenters. The predicted octanol–water partition coefficient (Wildman–Crippen LogP) is 3.11. The lowest BCUT2D eigenvalue weighted by atomic mass is 9.76. The van der Waals surface area contributed by atoms with Crippen molar-refractivity contribution in [1.29, 1.82) is 0 Å². The van der Waals surface area contributed by atoms with Gasteiger partial charge in [0.1, 0.15) is 17.6 Å². The quantitative estimate of drug-likeness (QED) is 0.723. The number of aryl methyl sites for hydroxylation is 1. The van der Waals surface area contributed by atoms with E-state index in [0.29, 0.717) is 23.4 Å². The Morgan fingerprint density at radius 1 is 1.12 bits per heavy atom. The lowest BCUT2D eigenvalue weighted by Gasteiger charge is -2.33. The summed E-state index contributed by atoms with van der Waals surface area (Å²) in [6.45, 7) is 0.0310. The van der Waals surface area contributed by atoms with Crippen molar-refractivity contribution in [3.63, 3.8) is 0 Å². The topological polar surface area (TPSA) is 75.4 Å². The predicted molar refractivity (Wildman–Crippen MR) is 94.1 cm³/mol. The van der Waals surface area contributed by atoms with Gasteiger partial charge >= 0.3 is 6.03 Å². The first-order chi connectivity index (χ1) is 12.7. The standard InChI is InChI=1S/C20H17N3O3/c24-18-20(11-5-7-13-6-1-2-8-14(13)20)22-19(25)23(18)12-17-21-15-9-3-4-10-16(15)26-17/h1-4,6,8-10H,5,7,11-12H2,(H,22,25)/t20-/m1/s1. The van der Waals surface area contributed by atoms with Crippen molar-refractivity contribution in [2.75, 3.05) is 0 Å². The minimum Gasteiger partial charge on any atom is -0.439 e. The van der Waals surface area contributed by atoms with E-state index in [0.717, 1.165) is 24.0 Å². The molecule has 1 aliphatic carbocycles. The van der Waals surface area contributed by atoms with Crippen LogP contribution in [0.15, 0.2) is 52.9 Å². The maximum atomic E-state index is 13.2. The van der Waals surface area contributed by atoms with Crippen molar-refractivity contribution in [3.8, 4) is 0 Å². The van der Waals surface area contributed by atoms with E-state index in [1.54, 1.807) is 0 Å². The number of rotatable bonds is 2. The number of urea groups is 1. The summed E-state index contributed by atoms with van der Waals surface area (Å²) in [5.74, 6) is 0.132. The molecule has 1 fully saturated rings. The third-order valence-corrected chi connectivity index (χ3v) is 5.28. The zero-order valence-corrected chi connectivity index (χ0v) is 14.1. The Hall–Kier alpha value is -3.15. The van der Waals surface area contributed by atoms with E-state index in [1.807, 2.05) is 48.5 Å². The lowest BCUT2D eigenvalue weighted by Crippen LogP contribution is -2.46. The van der Waals surface area contributed by atoms with Crippen LogP contribution >= 0.6 is 0 Å². The van der Waals surface area contributed by atoms with Crippen molar-refractivity contribution < 1.29 is 14.0 Å². The van der Waals surface area contributed by atoms with Gasteiger partial charge in [0.15, 0.2) is 5.58 Å². The van der Waals surface area contributed by atoms with Crippen molar-refractivity contribution in [2.24, 2.45) is 0 Å². The van der Waals surface area contributed by atoms with Crippen LogP contribution in [0.2, 0.25) is 0 Å². The van der Waals surface area contributed by atoms with Crippen molar-refractivity contribution in [2.45, 2.75) is 31.3 Å². The molecule has 3 aromatic rings. The maximum Gasteiger partial charge on any atom is 0.325 e. The third-order valence-electron chi connectivity index (χ3n) is 5.28. The second kappa shape index (κ2) is 5.42. The number of carbonyl (C=O) groups is 2. The highest BCUT2D eigenvalue weighted by molar-refractivity contribution is 6.07. The minimum atomic E-state index is -0.960. The Bertz CT molecular complexity index is 1010. The number of hydrogen-bond acceptors (Lipinski definition) is 4. The van der Waals surface area contributed by atoms with Gasteiger partial charge in [-0.15, -0.1) is 0 Å². The zero-order valence-electron chi connectivity index (χ0n) is 14.1. The molecule has 6 nitrogen and oxygen atoms in total. The highest BCUT2D eigenvalue weighted by Gasteiger charge is 2.54. The van der Waals surface area contributed by atoms with E-state index in [1.165, 1.54) is 4.90 Å². The number of hydrogen-bond donors (Lipinski definition) is 1. The normalized spacial score (nSPS) is 22.1. The van der Waals surface area contributed by atoms with Crippen LogP contribution in [0.25, 0.3) is 11.1 Å². The molecule has 2 aliphatic rings. The van der Waals surface area contributed by atoms with Gasteiger partial charge < -0.3 is 9.73 Å². The summed E-state index contributed by atoms with van der Waals surface area (Å²) >= 11 is 0. The average molecular weight is 347 g/mol. The van der Waals surface area contributed by atoms with Crippen molar-refractivity contribution >= 4 is 23.0 Å². The molecule has 0 saturated carbocycles. The number of imide groups is 1. The molecule has 1 atom stereocenters. The van der Waals surface area contributed by atoms with Crippen LogP contribution < -0.4 is 5.32 Å². The summed E-state index contributed by atoms with van der Waals surface area (Å²) in [6.07, 6.45) is 2.39. The van der Waals surface area contributed by atoms with Crippen LogP contribution in [-0.2, 0) is 23.3 Å². The van der Waals surface area contributed by atoms with Gasteiger partial charge in [-0.25, -0.2) is 9.78 Å². The smallest absolute Gasteiger partial charge is 0.325 e. The minimum absolute atomic E-state index is 0.0310. The van der Waals surface area contributed by atoms with E-state index >= 15 is 0 Å². The molecule has 1 aromatic heterocycles. The molecule has 1 N–H and O–H groups in total. The first kappa shape index (κ1) is 15.1. The van der Waals surface area contributed by atoms with Crippen LogP contribution in [0.3, 0.4) is 0 Å². The Labute approximate surface area is 149 Å². The fraction of sp³-hybridized carbons (Fsp3) is 0.250. The number of fused-ring (bicyclic) bond motifs is 3. The van der Waals surface area contributed by atoms with Crippen LogP contribution in [0.5, 0.6) is 0 Å². The average Bonchev–Trinajstić information content (AvgIpc) is 3.17. The van der Waals surface area contributed by atoms with Gasteiger partial charge in [0.25, 0.3) is 5.91 Å². The second-order valence-corrected chi connectivity index (χ2v) is 6.81. The first-order valence-corrected chi connectivity index (χ1v) is 8.74. The summed E-state index contributed by atoms with van der Waals surface area (Å²) in [4.78, 5) is 31.5. The maximum absolute atomic E-state index is 13.2. The van der Waals surface area contributed by atoms with Gasteiger partial charge in [0.2, 0.25) is 5.89 Å². The highest BCUT2D eigenvalue weighted by atomic mass is 16.3. The van der Waals surface area contributed by atoms with Crippen LogP contribution in [0.1, 0.15) is 29.9 Å². The number of aromatic nitrogens is 1. The van der Waals surface area contributed by atoms with Gasteiger partial charge in [-0.2, -0.15) is 0 Å². The molecule has 2 heterocycles. The largest absolute Gasteiger partial charge is 0.439 e. The molecule has 2 aromatic carbocycles. The van der Waals surface area contributed by atoms with E-state index in [2.05, 4.69) is 10.3 Å². The molecular weight excluding hydrogens is 330 g/mol. The summed E-state index contributed by atoms with van der Waals surface area (Å²) in [7, 11) is 0. The van der Waals surface area contributed by atoms with E-state index in [4.69, 9.17) is 4.42 Å². The number of benzene rings is 2. The van der Waals surface area contributed by atoms with Gasteiger partial charge in [0.05, 0.1) is 0 Å². The van der Waals surface area contributed by atoms with Crippen molar-refractivity contribution in [1.82, 2.24) is 15.2 Å². The first-order valence-electron chi connectivity index (χ1n) is 8.74. The SMILES string of the molecule is O=C1N[C@@]2(CCCc3ccccc32)C(=O)N1Cc1nc2ccccc2o1. The van der Waals surface area contributed by atoms with Crippen molar-refractivity contribution in [3.05, 3.63) is 65.5 Å². The summed E-state index contributed by atoms with van der Waals surface area (Å²) < 4.78 is 5.69. The Morgan fingerprint density at radius 2 is 1.92 bits per heavy atom. The molecule has 1 saturated heterocycles. The van der Waals surface area contributed by atoms with Crippen LogP contribution in [0.4, 0.5) is 4.79 Å². The molecule has 1 spiro atoms.